The Bertz CT molecular complexity index is 873. The van der Waals surface area contributed by atoms with Crippen LogP contribution >= 0.6 is 0 Å². The van der Waals surface area contributed by atoms with Crippen molar-refractivity contribution >= 4 is 5.97 Å². The van der Waals surface area contributed by atoms with Crippen LogP contribution in [0.2, 0.25) is 0 Å². The van der Waals surface area contributed by atoms with E-state index in [2.05, 4.69) is 26.0 Å². The molecular weight excluding hydrogens is 684 g/mol. The lowest BCUT2D eigenvalue weighted by Gasteiger charge is -2.09. The van der Waals surface area contributed by atoms with E-state index in [-0.39, 0.29) is 12.6 Å². The minimum atomic E-state index is -0.151. The van der Waals surface area contributed by atoms with Crippen LogP contribution in [0.5, 0.6) is 5.75 Å². The molecule has 53 heavy (non-hydrogen) atoms. The molecular formula is C41H74O12. The maximum absolute atomic E-state index is 11.6. The Morgan fingerprint density at radius 1 is 0.396 bits per heavy atom. The fraction of sp³-hybridized carbons (Fsp3) is 0.829. The van der Waals surface area contributed by atoms with E-state index in [4.69, 9.17) is 52.1 Å². The largest absolute Gasteiger partial charge is 0.491 e. The predicted molar refractivity (Wildman–Crippen MR) is 206 cm³/mol. The van der Waals surface area contributed by atoms with Crippen molar-refractivity contribution in [3.8, 4) is 5.75 Å². The molecule has 0 N–H and O–H groups in total. The Balaban J connectivity index is 1.69. The topological polar surface area (TPSA) is 119 Å². The minimum absolute atomic E-state index is 0.151. The average Bonchev–Trinajstić information content (AvgIpc) is 3.17. The van der Waals surface area contributed by atoms with Gasteiger partial charge in [-0.2, -0.15) is 0 Å². The molecule has 310 valence electrons. The molecule has 0 spiro atoms. The Hall–Kier alpha value is -1.87. The number of hydrogen-bond acceptors (Lipinski definition) is 12. The van der Waals surface area contributed by atoms with Gasteiger partial charge in [0.25, 0.3) is 0 Å². The first-order valence-corrected chi connectivity index (χ1v) is 20.3. The summed E-state index contributed by atoms with van der Waals surface area (Å²) < 4.78 is 60.4. The zero-order chi connectivity index (χ0) is 38.0. The van der Waals surface area contributed by atoms with Gasteiger partial charge < -0.3 is 52.1 Å². The van der Waals surface area contributed by atoms with E-state index in [0.29, 0.717) is 132 Å². The fourth-order valence-electron chi connectivity index (χ4n) is 4.92. The third kappa shape index (κ3) is 36.9. The van der Waals surface area contributed by atoms with Gasteiger partial charge in [-0.15, -0.1) is 0 Å². The van der Waals surface area contributed by atoms with Crippen LogP contribution in [0.1, 0.15) is 90.0 Å². The zero-order valence-electron chi connectivity index (χ0n) is 33.3. The van der Waals surface area contributed by atoms with E-state index < -0.39 is 0 Å². The predicted octanol–water partition coefficient (Wildman–Crippen LogP) is 6.63. The van der Waals surface area contributed by atoms with Gasteiger partial charge in [-0.25, -0.2) is 0 Å². The third-order valence-electron chi connectivity index (χ3n) is 7.94. The van der Waals surface area contributed by atoms with Gasteiger partial charge in [0.05, 0.1) is 119 Å². The standard InChI is InChI=1S/C41H74O12/c1-3-5-7-9-10-11-13-39-15-17-40(18-16-39)52-37-35-50-33-31-48-29-27-46-25-23-44-21-19-43-20-22-45-24-26-47-28-30-49-32-34-51-36-38-53-41(42)14-12-8-6-4-2/h15-18H,3-14,19-38H2,1-2H3. The molecule has 1 aromatic carbocycles. The van der Waals surface area contributed by atoms with Crippen molar-refractivity contribution < 1.29 is 56.9 Å². The number of benzene rings is 1. The zero-order valence-corrected chi connectivity index (χ0v) is 33.3. The first kappa shape index (κ1) is 49.1. The number of rotatable bonds is 43. The van der Waals surface area contributed by atoms with E-state index in [1.165, 1.54) is 44.1 Å². The Morgan fingerprint density at radius 3 is 1.15 bits per heavy atom. The molecule has 0 unspecified atom stereocenters. The van der Waals surface area contributed by atoms with Crippen LogP contribution in [0.3, 0.4) is 0 Å². The fourth-order valence-corrected chi connectivity index (χ4v) is 4.92. The molecule has 0 aromatic heterocycles. The highest BCUT2D eigenvalue weighted by molar-refractivity contribution is 5.69. The minimum Gasteiger partial charge on any atom is -0.491 e. The van der Waals surface area contributed by atoms with Crippen molar-refractivity contribution in [2.45, 2.75) is 90.9 Å². The molecule has 0 heterocycles. The lowest BCUT2D eigenvalue weighted by molar-refractivity contribution is -0.145. The summed E-state index contributed by atoms with van der Waals surface area (Å²) in [5.74, 6) is 0.732. The molecule has 0 aliphatic rings. The summed E-state index contributed by atoms with van der Waals surface area (Å²) in [5.41, 5.74) is 1.38. The van der Waals surface area contributed by atoms with E-state index in [1.54, 1.807) is 0 Å². The third-order valence-corrected chi connectivity index (χ3v) is 7.94. The van der Waals surface area contributed by atoms with Crippen molar-refractivity contribution in [3.05, 3.63) is 29.8 Å². The molecule has 0 saturated heterocycles. The number of carbonyl (C=O) groups excluding carboxylic acids is 1. The normalized spacial score (nSPS) is 11.4. The molecule has 12 nitrogen and oxygen atoms in total. The van der Waals surface area contributed by atoms with Crippen LogP contribution < -0.4 is 4.74 Å². The summed E-state index contributed by atoms with van der Waals surface area (Å²) in [6.07, 6.45) is 13.8. The maximum Gasteiger partial charge on any atom is 0.305 e. The summed E-state index contributed by atoms with van der Waals surface area (Å²) in [4.78, 5) is 11.6. The van der Waals surface area contributed by atoms with Crippen LogP contribution in [0.15, 0.2) is 24.3 Å². The molecule has 0 aliphatic heterocycles. The van der Waals surface area contributed by atoms with Gasteiger partial charge in [-0.3, -0.25) is 4.79 Å². The molecule has 0 fully saturated rings. The molecule has 1 aromatic rings. The first-order valence-electron chi connectivity index (χ1n) is 20.3. The second kappa shape index (κ2) is 41.3. The molecule has 0 saturated carbocycles. The highest BCUT2D eigenvalue weighted by atomic mass is 16.6. The van der Waals surface area contributed by atoms with Crippen LogP contribution in [-0.2, 0) is 58.6 Å². The van der Waals surface area contributed by atoms with Crippen LogP contribution in [0.25, 0.3) is 0 Å². The summed E-state index contributed by atoms with van der Waals surface area (Å²) in [7, 11) is 0. The van der Waals surface area contributed by atoms with Gasteiger partial charge >= 0.3 is 5.97 Å². The second-order valence-corrected chi connectivity index (χ2v) is 12.6. The molecule has 0 radical (unpaired) electrons. The number of aryl methyl sites for hydroxylation is 1. The summed E-state index contributed by atoms with van der Waals surface area (Å²) in [5, 5.41) is 0. The van der Waals surface area contributed by atoms with Gasteiger partial charge in [-0.05, 0) is 37.0 Å². The van der Waals surface area contributed by atoms with Crippen LogP contribution in [0, 0.1) is 0 Å². The smallest absolute Gasteiger partial charge is 0.305 e. The lowest BCUT2D eigenvalue weighted by Crippen LogP contribution is -2.15. The molecule has 1 rings (SSSR count). The molecule has 12 heteroatoms. The van der Waals surface area contributed by atoms with Crippen molar-refractivity contribution in [1.29, 1.82) is 0 Å². The first-order chi connectivity index (χ1) is 26.3. The summed E-state index contributed by atoms with van der Waals surface area (Å²) >= 11 is 0. The Morgan fingerprint density at radius 2 is 0.736 bits per heavy atom. The Labute approximate surface area is 321 Å². The number of esters is 1. The second-order valence-electron chi connectivity index (χ2n) is 12.6. The molecule has 0 amide bonds. The molecule has 0 atom stereocenters. The average molecular weight is 759 g/mol. The molecule has 0 aliphatic carbocycles. The monoisotopic (exact) mass is 759 g/mol. The Kier molecular flexibility index (Phi) is 38.3. The van der Waals surface area contributed by atoms with Crippen molar-refractivity contribution in [2.75, 3.05) is 132 Å². The van der Waals surface area contributed by atoms with Crippen molar-refractivity contribution in [3.63, 3.8) is 0 Å². The number of ether oxygens (including phenoxy) is 11. The quantitative estimate of drug-likeness (QED) is 0.0526. The highest BCUT2D eigenvalue weighted by Crippen LogP contribution is 2.15. The summed E-state index contributed by atoms with van der Waals surface area (Å²) in [6, 6.07) is 8.43. The number of hydrogen-bond donors (Lipinski definition) is 0. The maximum atomic E-state index is 11.6. The van der Waals surface area contributed by atoms with E-state index in [1.807, 2.05) is 12.1 Å². The molecule has 0 bridgehead atoms. The lowest BCUT2D eigenvalue weighted by atomic mass is 10.0. The highest BCUT2D eigenvalue weighted by Gasteiger charge is 2.03. The SMILES string of the molecule is CCCCCCCCc1ccc(OCCOCCOCCOCCOCCOCCOCCOCCOCCOCCOC(=O)CCCCCC)cc1. The van der Waals surface area contributed by atoms with E-state index >= 15 is 0 Å². The van der Waals surface area contributed by atoms with Crippen molar-refractivity contribution in [1.82, 2.24) is 0 Å². The van der Waals surface area contributed by atoms with Crippen LogP contribution in [-0.4, -0.2) is 138 Å². The number of carbonyl (C=O) groups is 1. The van der Waals surface area contributed by atoms with Gasteiger partial charge in [-0.1, -0.05) is 77.3 Å². The van der Waals surface area contributed by atoms with E-state index in [9.17, 15) is 4.79 Å². The van der Waals surface area contributed by atoms with Crippen LogP contribution in [0.4, 0.5) is 0 Å². The summed E-state index contributed by atoms with van der Waals surface area (Å²) in [6.45, 7) is 14.1. The van der Waals surface area contributed by atoms with Gasteiger partial charge in [0.1, 0.15) is 19.0 Å². The van der Waals surface area contributed by atoms with Crippen molar-refractivity contribution in [2.24, 2.45) is 0 Å². The van der Waals surface area contributed by atoms with Gasteiger partial charge in [0.15, 0.2) is 0 Å². The number of unbranched alkanes of at least 4 members (excludes halogenated alkanes) is 8. The van der Waals surface area contributed by atoms with Gasteiger partial charge in [0.2, 0.25) is 0 Å². The van der Waals surface area contributed by atoms with E-state index in [0.717, 1.165) is 37.9 Å². The van der Waals surface area contributed by atoms with Gasteiger partial charge in [0, 0.05) is 6.42 Å².